The summed E-state index contributed by atoms with van der Waals surface area (Å²) in [5.41, 5.74) is 0.776. The zero-order valence-corrected chi connectivity index (χ0v) is 15.5. The van der Waals surface area contributed by atoms with Crippen molar-refractivity contribution in [1.82, 2.24) is 5.32 Å². The molecule has 2 unspecified atom stereocenters. The van der Waals surface area contributed by atoms with E-state index in [1.807, 2.05) is 18.2 Å². The molecule has 124 valence electrons. The number of nitrogens with one attached hydrogen (secondary N) is 1. The van der Waals surface area contributed by atoms with Gasteiger partial charge in [0, 0.05) is 8.07 Å². The van der Waals surface area contributed by atoms with Crippen LogP contribution in [0.4, 0.5) is 0 Å². The number of ether oxygens (including phenoxy) is 1. The van der Waals surface area contributed by atoms with Gasteiger partial charge in [0.25, 0.3) is 0 Å². The van der Waals surface area contributed by atoms with E-state index in [9.17, 15) is 5.26 Å². The zero-order valence-electron chi connectivity index (χ0n) is 14.5. The Hall–Kier alpha value is -1.41. The van der Waals surface area contributed by atoms with Crippen LogP contribution in [-0.4, -0.2) is 21.4 Å². The van der Waals surface area contributed by atoms with Crippen LogP contribution in [0.5, 0.6) is 0 Å². The molecular weight excluding hydrogens is 300 g/mol. The van der Waals surface area contributed by atoms with Gasteiger partial charge in [-0.25, -0.2) is 0 Å². The van der Waals surface area contributed by atoms with Crippen molar-refractivity contribution in [2.24, 2.45) is 5.92 Å². The molecular formula is C19H28N2OSi. The predicted molar refractivity (Wildman–Crippen MR) is 97.7 cm³/mol. The Bertz CT molecular complexity index is 551. The van der Waals surface area contributed by atoms with Crippen LogP contribution in [-0.2, 0) is 10.3 Å². The van der Waals surface area contributed by atoms with E-state index < -0.39 is 8.07 Å². The minimum absolute atomic E-state index is 0.0936. The monoisotopic (exact) mass is 328 g/mol. The Balaban J connectivity index is 2.04. The van der Waals surface area contributed by atoms with Crippen molar-refractivity contribution in [3.63, 3.8) is 0 Å². The van der Waals surface area contributed by atoms with Gasteiger partial charge in [-0.1, -0.05) is 62.1 Å². The second-order valence-corrected chi connectivity index (χ2v) is 13.0. The van der Waals surface area contributed by atoms with Crippen LogP contribution in [0.15, 0.2) is 42.5 Å². The van der Waals surface area contributed by atoms with Gasteiger partial charge in [0.15, 0.2) is 0 Å². The number of nitrogens with zero attached hydrogens (tertiary/aromatic N) is 1. The van der Waals surface area contributed by atoms with E-state index in [2.05, 4.69) is 55.3 Å². The smallest absolute Gasteiger partial charge is 0.0974 e. The number of benzene rings is 1. The van der Waals surface area contributed by atoms with Gasteiger partial charge >= 0.3 is 0 Å². The van der Waals surface area contributed by atoms with Crippen molar-refractivity contribution in [1.29, 1.82) is 5.26 Å². The predicted octanol–water partition coefficient (Wildman–Crippen LogP) is 4.27. The van der Waals surface area contributed by atoms with Crippen LogP contribution < -0.4 is 5.32 Å². The summed E-state index contributed by atoms with van der Waals surface area (Å²) in [5, 5.41) is 13.2. The Morgan fingerprint density at radius 1 is 1.30 bits per heavy atom. The lowest BCUT2D eigenvalue weighted by Gasteiger charge is -2.33. The highest BCUT2D eigenvalue weighted by Gasteiger charge is 2.43. The van der Waals surface area contributed by atoms with Crippen LogP contribution >= 0.6 is 0 Å². The van der Waals surface area contributed by atoms with Crippen LogP contribution in [0.25, 0.3) is 0 Å². The number of rotatable bonds is 7. The SMILES string of the molecule is C[Si](C)(C)C/C=C/CCC(C#N)C1(c2ccccc2)COCN1. The molecule has 0 amide bonds. The Labute approximate surface area is 141 Å². The van der Waals surface area contributed by atoms with Gasteiger partial charge in [-0.05, 0) is 24.4 Å². The first-order chi connectivity index (χ1) is 11.0. The highest BCUT2D eigenvalue weighted by Crippen LogP contribution is 2.35. The Morgan fingerprint density at radius 2 is 2.04 bits per heavy atom. The lowest BCUT2D eigenvalue weighted by molar-refractivity contribution is 0.163. The Morgan fingerprint density at radius 3 is 2.61 bits per heavy atom. The van der Waals surface area contributed by atoms with Gasteiger partial charge in [-0.3, -0.25) is 5.32 Å². The molecule has 1 fully saturated rings. The van der Waals surface area contributed by atoms with Gasteiger partial charge in [-0.15, -0.1) is 0 Å². The average Bonchev–Trinajstić information content (AvgIpc) is 3.01. The van der Waals surface area contributed by atoms with E-state index in [-0.39, 0.29) is 11.5 Å². The maximum Gasteiger partial charge on any atom is 0.0974 e. The molecule has 1 aliphatic heterocycles. The molecule has 4 heteroatoms. The minimum atomic E-state index is -1.02. The van der Waals surface area contributed by atoms with Crippen molar-refractivity contribution in [3.8, 4) is 6.07 Å². The highest BCUT2D eigenvalue weighted by molar-refractivity contribution is 6.76. The van der Waals surface area contributed by atoms with E-state index in [0.29, 0.717) is 13.3 Å². The number of hydrogen-bond donors (Lipinski definition) is 1. The molecule has 0 radical (unpaired) electrons. The van der Waals surface area contributed by atoms with Gasteiger partial charge < -0.3 is 4.74 Å². The first kappa shape index (κ1) is 17.9. The number of allylic oxidation sites excluding steroid dienone is 2. The maximum atomic E-state index is 9.74. The van der Waals surface area contributed by atoms with Crippen molar-refractivity contribution in [2.75, 3.05) is 13.3 Å². The molecule has 0 aliphatic carbocycles. The topological polar surface area (TPSA) is 45.0 Å². The standard InChI is InChI=1S/C19H28N2OSi/c1-23(2,3)13-9-5-8-12-18(14-20)19(15-22-16-21-19)17-10-6-4-7-11-17/h4-7,9-11,18,21H,8,12-13,15-16H2,1-3H3/b9-5+. The fourth-order valence-electron chi connectivity index (χ4n) is 3.03. The summed E-state index contributed by atoms with van der Waals surface area (Å²) in [4.78, 5) is 0. The van der Waals surface area contributed by atoms with E-state index in [0.717, 1.165) is 18.4 Å². The van der Waals surface area contributed by atoms with Gasteiger partial charge in [0.2, 0.25) is 0 Å². The fourth-order valence-corrected chi connectivity index (χ4v) is 3.90. The molecule has 2 atom stereocenters. The third-order valence-corrected chi connectivity index (χ3v) is 5.84. The van der Waals surface area contributed by atoms with Crippen molar-refractivity contribution in [3.05, 3.63) is 48.0 Å². The third-order valence-electron chi connectivity index (χ3n) is 4.38. The van der Waals surface area contributed by atoms with Gasteiger partial charge in [0.1, 0.15) is 0 Å². The molecule has 1 aliphatic rings. The summed E-state index contributed by atoms with van der Waals surface area (Å²) in [6, 6.07) is 14.0. The van der Waals surface area contributed by atoms with E-state index in [1.165, 1.54) is 6.04 Å². The second kappa shape index (κ2) is 7.92. The highest BCUT2D eigenvalue weighted by atomic mass is 28.3. The molecule has 1 aromatic carbocycles. The molecule has 2 rings (SSSR count). The van der Waals surface area contributed by atoms with Crippen LogP contribution in [0.2, 0.25) is 25.7 Å². The molecule has 0 spiro atoms. The average molecular weight is 329 g/mol. The number of nitriles is 1. The molecule has 1 saturated heterocycles. The lowest BCUT2D eigenvalue weighted by atomic mass is 9.77. The van der Waals surface area contributed by atoms with Crippen molar-refractivity contribution >= 4 is 8.07 Å². The molecule has 0 saturated carbocycles. The van der Waals surface area contributed by atoms with E-state index in [1.54, 1.807) is 0 Å². The van der Waals surface area contributed by atoms with Crippen molar-refractivity contribution < 1.29 is 4.74 Å². The largest absolute Gasteiger partial charge is 0.364 e. The number of hydrogen-bond acceptors (Lipinski definition) is 3. The minimum Gasteiger partial charge on any atom is -0.364 e. The second-order valence-electron chi connectivity index (χ2n) is 7.50. The summed E-state index contributed by atoms with van der Waals surface area (Å²) in [6.45, 7) is 8.20. The van der Waals surface area contributed by atoms with Crippen LogP contribution in [0.1, 0.15) is 18.4 Å². The Kier molecular flexibility index (Phi) is 6.17. The lowest BCUT2D eigenvalue weighted by Crippen LogP contribution is -2.45. The van der Waals surface area contributed by atoms with Crippen LogP contribution in [0, 0.1) is 17.2 Å². The summed E-state index contributed by atoms with van der Waals surface area (Å²) in [7, 11) is -1.02. The maximum absolute atomic E-state index is 9.74. The van der Waals surface area contributed by atoms with Gasteiger partial charge in [0.05, 0.1) is 30.9 Å². The fraction of sp³-hybridized carbons (Fsp3) is 0.526. The molecule has 1 aromatic rings. The molecule has 0 aromatic heterocycles. The molecule has 1 N–H and O–H groups in total. The quantitative estimate of drug-likeness (QED) is 0.600. The summed E-state index contributed by atoms with van der Waals surface area (Å²) >= 11 is 0. The van der Waals surface area contributed by atoms with E-state index >= 15 is 0 Å². The van der Waals surface area contributed by atoms with Crippen LogP contribution in [0.3, 0.4) is 0 Å². The van der Waals surface area contributed by atoms with Crippen molar-refractivity contribution in [2.45, 2.75) is 44.1 Å². The summed E-state index contributed by atoms with van der Waals surface area (Å²) in [6.07, 6.45) is 6.34. The molecule has 0 bridgehead atoms. The first-order valence-electron chi connectivity index (χ1n) is 8.41. The first-order valence-corrected chi connectivity index (χ1v) is 12.1. The normalized spacial score (nSPS) is 23.0. The molecule has 3 nitrogen and oxygen atoms in total. The summed E-state index contributed by atoms with van der Waals surface area (Å²) in [5.74, 6) is -0.0936. The third kappa shape index (κ3) is 4.78. The van der Waals surface area contributed by atoms with E-state index in [4.69, 9.17) is 4.74 Å². The van der Waals surface area contributed by atoms with Gasteiger partial charge in [-0.2, -0.15) is 5.26 Å². The zero-order chi connectivity index (χ0) is 16.8. The summed E-state index contributed by atoms with van der Waals surface area (Å²) < 4.78 is 5.60. The molecule has 23 heavy (non-hydrogen) atoms. The molecule has 1 heterocycles.